The highest BCUT2D eigenvalue weighted by molar-refractivity contribution is 5.18. The van der Waals surface area contributed by atoms with Crippen molar-refractivity contribution in [2.75, 3.05) is 6.54 Å². The summed E-state index contributed by atoms with van der Waals surface area (Å²) in [6.07, 6.45) is 5.33. The van der Waals surface area contributed by atoms with E-state index in [2.05, 4.69) is 22.3 Å². The summed E-state index contributed by atoms with van der Waals surface area (Å²) in [4.78, 5) is 4.57. The highest BCUT2D eigenvalue weighted by atomic mass is 16.5. The molecule has 0 radical (unpaired) electrons. The van der Waals surface area contributed by atoms with Gasteiger partial charge < -0.3 is 10.3 Å². The molecule has 0 unspecified atom stereocenters. The molecule has 0 bridgehead atoms. The molecule has 1 aromatic heterocycles. The molecule has 4 heteroatoms. The number of nitrogens with two attached hydrogens (primary N) is 1. The van der Waals surface area contributed by atoms with Gasteiger partial charge in [-0.25, -0.2) is 0 Å². The summed E-state index contributed by atoms with van der Waals surface area (Å²) in [5, 5.41) is 4.12. The van der Waals surface area contributed by atoms with E-state index in [1.165, 1.54) is 18.4 Å². The Balaban J connectivity index is 1.62. The van der Waals surface area contributed by atoms with Crippen molar-refractivity contribution in [1.29, 1.82) is 0 Å². The molecule has 0 aliphatic heterocycles. The van der Waals surface area contributed by atoms with E-state index in [4.69, 9.17) is 10.3 Å². The van der Waals surface area contributed by atoms with Crippen LogP contribution in [0.4, 0.5) is 0 Å². The summed E-state index contributed by atoms with van der Waals surface area (Å²) >= 11 is 0. The minimum absolute atomic E-state index is 0.426. The molecule has 1 aromatic carbocycles. The minimum Gasteiger partial charge on any atom is -0.339 e. The van der Waals surface area contributed by atoms with Crippen LogP contribution in [-0.2, 0) is 6.42 Å². The average molecular weight is 271 g/mol. The van der Waals surface area contributed by atoms with Crippen LogP contribution in [0.2, 0.25) is 0 Å². The molecule has 2 N–H and O–H groups in total. The second-order valence-electron chi connectivity index (χ2n) is 5.66. The van der Waals surface area contributed by atoms with Crippen molar-refractivity contribution in [3.8, 4) is 0 Å². The van der Waals surface area contributed by atoms with Crippen molar-refractivity contribution >= 4 is 0 Å². The van der Waals surface area contributed by atoms with Crippen molar-refractivity contribution in [1.82, 2.24) is 10.1 Å². The van der Waals surface area contributed by atoms with Gasteiger partial charge in [-0.3, -0.25) is 0 Å². The molecule has 1 aliphatic rings. The molecule has 0 spiro atoms. The Morgan fingerprint density at radius 3 is 2.55 bits per heavy atom. The second kappa shape index (κ2) is 6.18. The van der Waals surface area contributed by atoms with Crippen LogP contribution in [-0.4, -0.2) is 16.7 Å². The highest BCUT2D eigenvalue weighted by Gasteiger charge is 2.25. The van der Waals surface area contributed by atoms with E-state index < -0.39 is 0 Å². The van der Waals surface area contributed by atoms with Crippen LogP contribution in [0.5, 0.6) is 0 Å². The van der Waals surface area contributed by atoms with Gasteiger partial charge in [0.1, 0.15) is 0 Å². The fraction of sp³-hybridized carbons (Fsp3) is 0.500. The van der Waals surface area contributed by atoms with Gasteiger partial charge in [-0.15, -0.1) is 0 Å². The summed E-state index contributed by atoms with van der Waals surface area (Å²) in [7, 11) is 0. The number of aromatic nitrogens is 2. The number of hydrogen-bond acceptors (Lipinski definition) is 4. The van der Waals surface area contributed by atoms with E-state index in [1.807, 2.05) is 18.2 Å². The lowest BCUT2D eigenvalue weighted by molar-refractivity contribution is 0.274. The lowest BCUT2D eigenvalue weighted by atomic mass is 9.82. The van der Waals surface area contributed by atoms with Crippen molar-refractivity contribution in [2.24, 2.45) is 11.7 Å². The molecule has 0 amide bonds. The summed E-state index contributed by atoms with van der Waals surface area (Å²) in [5.74, 6) is 2.70. The maximum Gasteiger partial charge on any atom is 0.229 e. The SMILES string of the molecule is NCC1CCC(c2nc(Cc3ccccc3)no2)CC1. The Bertz CT molecular complexity index is 530. The first-order valence-electron chi connectivity index (χ1n) is 7.41. The van der Waals surface area contributed by atoms with E-state index in [-0.39, 0.29) is 0 Å². The maximum atomic E-state index is 5.73. The molecule has 0 atom stereocenters. The molecule has 1 heterocycles. The first-order valence-corrected chi connectivity index (χ1v) is 7.41. The predicted molar refractivity (Wildman–Crippen MR) is 77.3 cm³/mol. The van der Waals surface area contributed by atoms with Gasteiger partial charge in [-0.05, 0) is 43.7 Å². The Kier molecular flexibility index (Phi) is 4.11. The lowest BCUT2D eigenvalue weighted by Crippen LogP contribution is -2.20. The zero-order chi connectivity index (χ0) is 13.8. The molecule has 20 heavy (non-hydrogen) atoms. The van der Waals surface area contributed by atoms with E-state index in [1.54, 1.807) is 0 Å². The zero-order valence-electron chi connectivity index (χ0n) is 11.7. The van der Waals surface area contributed by atoms with Crippen LogP contribution in [0.3, 0.4) is 0 Å². The Morgan fingerprint density at radius 2 is 1.85 bits per heavy atom. The quantitative estimate of drug-likeness (QED) is 0.928. The monoisotopic (exact) mass is 271 g/mol. The lowest BCUT2D eigenvalue weighted by Gasteiger charge is -2.24. The molecule has 1 saturated carbocycles. The summed E-state index contributed by atoms with van der Waals surface area (Å²) in [6, 6.07) is 10.3. The molecular weight excluding hydrogens is 250 g/mol. The largest absolute Gasteiger partial charge is 0.339 e. The average Bonchev–Trinajstić information content (AvgIpc) is 2.97. The van der Waals surface area contributed by atoms with E-state index in [0.29, 0.717) is 11.8 Å². The number of benzene rings is 1. The third-order valence-electron chi connectivity index (χ3n) is 4.22. The summed E-state index contributed by atoms with van der Waals surface area (Å²) in [6.45, 7) is 0.801. The van der Waals surface area contributed by atoms with Crippen molar-refractivity contribution in [3.05, 3.63) is 47.6 Å². The molecule has 3 rings (SSSR count). The van der Waals surface area contributed by atoms with Crippen molar-refractivity contribution < 1.29 is 4.52 Å². The molecule has 0 saturated heterocycles. The van der Waals surface area contributed by atoms with Gasteiger partial charge in [0, 0.05) is 12.3 Å². The Labute approximate surface area is 119 Å². The Hall–Kier alpha value is -1.68. The van der Waals surface area contributed by atoms with Crippen LogP contribution >= 0.6 is 0 Å². The van der Waals surface area contributed by atoms with Crippen LogP contribution in [0.1, 0.15) is 48.9 Å². The standard InChI is InChI=1S/C16H21N3O/c17-11-13-6-8-14(9-7-13)16-18-15(19-20-16)10-12-4-2-1-3-5-12/h1-5,13-14H,6-11,17H2. The minimum atomic E-state index is 0.426. The third kappa shape index (κ3) is 3.07. The molecule has 1 fully saturated rings. The molecule has 106 valence electrons. The molecule has 2 aromatic rings. The van der Waals surface area contributed by atoms with Crippen molar-refractivity contribution in [3.63, 3.8) is 0 Å². The molecular formula is C16H21N3O. The first-order chi connectivity index (χ1) is 9.85. The van der Waals surface area contributed by atoms with Gasteiger partial charge >= 0.3 is 0 Å². The fourth-order valence-corrected chi connectivity index (χ4v) is 2.93. The number of rotatable bonds is 4. The van der Waals surface area contributed by atoms with Gasteiger partial charge in [0.05, 0.1) is 0 Å². The third-order valence-corrected chi connectivity index (χ3v) is 4.22. The van der Waals surface area contributed by atoms with Gasteiger partial charge in [0.2, 0.25) is 5.89 Å². The highest BCUT2D eigenvalue weighted by Crippen LogP contribution is 2.34. The summed E-state index contributed by atoms with van der Waals surface area (Å²) in [5.41, 5.74) is 6.94. The van der Waals surface area contributed by atoms with Crippen LogP contribution in [0.15, 0.2) is 34.9 Å². The number of hydrogen-bond donors (Lipinski definition) is 1. The van der Waals surface area contributed by atoms with Crippen LogP contribution in [0, 0.1) is 5.92 Å². The molecule has 4 nitrogen and oxygen atoms in total. The first kappa shape index (κ1) is 13.3. The van der Waals surface area contributed by atoms with E-state index >= 15 is 0 Å². The molecule has 1 aliphatic carbocycles. The Morgan fingerprint density at radius 1 is 1.10 bits per heavy atom. The van der Waals surface area contributed by atoms with Gasteiger partial charge in [-0.1, -0.05) is 35.5 Å². The predicted octanol–water partition coefficient (Wildman–Crippen LogP) is 2.89. The van der Waals surface area contributed by atoms with E-state index in [9.17, 15) is 0 Å². The zero-order valence-corrected chi connectivity index (χ0v) is 11.7. The van der Waals surface area contributed by atoms with Gasteiger partial charge in [-0.2, -0.15) is 4.98 Å². The smallest absolute Gasteiger partial charge is 0.229 e. The normalized spacial score (nSPS) is 22.9. The second-order valence-corrected chi connectivity index (χ2v) is 5.66. The van der Waals surface area contributed by atoms with Gasteiger partial charge in [0.25, 0.3) is 0 Å². The topological polar surface area (TPSA) is 64.9 Å². The van der Waals surface area contributed by atoms with Crippen LogP contribution < -0.4 is 5.73 Å². The fourth-order valence-electron chi connectivity index (χ4n) is 2.93. The van der Waals surface area contributed by atoms with Crippen LogP contribution in [0.25, 0.3) is 0 Å². The maximum absolute atomic E-state index is 5.73. The van der Waals surface area contributed by atoms with Crippen molar-refractivity contribution in [2.45, 2.75) is 38.0 Å². The van der Waals surface area contributed by atoms with Gasteiger partial charge in [0.15, 0.2) is 5.82 Å². The number of nitrogens with zero attached hydrogens (tertiary/aromatic N) is 2. The summed E-state index contributed by atoms with van der Waals surface area (Å²) < 4.78 is 5.45. The van der Waals surface area contributed by atoms with E-state index in [0.717, 1.165) is 37.5 Å².